The van der Waals surface area contributed by atoms with Gasteiger partial charge in [0.25, 0.3) is 11.4 Å². The Morgan fingerprint density at radius 2 is 0.672 bits per heavy atom. The maximum absolute atomic E-state index is 13.7. The third-order valence-corrected chi connectivity index (χ3v) is 9.61. The standard InChI is InChI=1S/C42H14F12N4/c1-57-35(17-55)37-31-11-19(21-7-23(39(43,44)45)13-24(8-21)40(46,47)48)3-5-27(31)29-16-34-30(15-33(29)37)28-6-4-20(12-32(28)38(34)36(18-56)58-2)22-9-25(41(49,50)51)14-26(10-22)42(52,53)54/h3-16H. The van der Waals surface area contributed by atoms with Crippen LogP contribution in [-0.2, 0) is 24.7 Å². The summed E-state index contributed by atoms with van der Waals surface area (Å²) in [5.41, 5.74) is -6.96. The molecule has 0 aliphatic heterocycles. The second-order valence-electron chi connectivity index (χ2n) is 12.9. The van der Waals surface area contributed by atoms with Crippen molar-refractivity contribution in [1.82, 2.24) is 0 Å². The number of benzene rings is 5. The van der Waals surface area contributed by atoms with Gasteiger partial charge in [0.15, 0.2) is 0 Å². The van der Waals surface area contributed by atoms with Crippen molar-refractivity contribution in [3.63, 3.8) is 0 Å². The van der Waals surface area contributed by atoms with E-state index in [1.165, 1.54) is 48.5 Å². The van der Waals surface area contributed by atoms with Gasteiger partial charge in [0, 0.05) is 11.1 Å². The molecule has 0 unspecified atom stereocenters. The number of hydrogen-bond acceptors (Lipinski definition) is 2. The minimum Gasteiger partial charge on any atom is -0.226 e. The van der Waals surface area contributed by atoms with Crippen molar-refractivity contribution in [2.45, 2.75) is 24.7 Å². The first-order chi connectivity index (χ1) is 27.1. The van der Waals surface area contributed by atoms with Crippen LogP contribution in [0.3, 0.4) is 0 Å². The van der Waals surface area contributed by atoms with E-state index in [1.54, 1.807) is 12.1 Å². The van der Waals surface area contributed by atoms with Gasteiger partial charge in [-0.15, -0.1) is 0 Å². The van der Waals surface area contributed by atoms with E-state index < -0.39 is 69.5 Å². The SMILES string of the molecule is [C-]#[N+]C(C#N)=C1c2cc(-c3cc(C(F)(F)F)cc(C(F)(F)F)c3)ccc2-c2cc3c(cc21)-c1ccc(-c2cc(C(F)(F)F)cc(C(F)(F)F)c2)cc1C3=C(C#N)[N+]#[C-]. The Bertz CT molecular complexity index is 2580. The molecule has 0 atom stereocenters. The van der Waals surface area contributed by atoms with Gasteiger partial charge in [-0.2, -0.15) is 52.7 Å². The number of allylic oxidation sites excluding steroid dienone is 2. The maximum atomic E-state index is 13.7. The van der Waals surface area contributed by atoms with Crippen molar-refractivity contribution in [1.29, 1.82) is 10.5 Å². The van der Waals surface area contributed by atoms with Gasteiger partial charge in [0.05, 0.1) is 47.5 Å². The number of hydrogen-bond donors (Lipinski definition) is 0. The molecule has 4 nitrogen and oxygen atoms in total. The molecule has 0 N–H and O–H groups in total. The molecule has 0 bridgehead atoms. The molecule has 0 fully saturated rings. The Morgan fingerprint density at radius 1 is 0.379 bits per heavy atom. The summed E-state index contributed by atoms with van der Waals surface area (Å²) in [5.74, 6) is 0. The van der Waals surface area contributed by atoms with E-state index in [0.29, 0.717) is 24.3 Å². The molecule has 0 radical (unpaired) electrons. The van der Waals surface area contributed by atoms with Crippen LogP contribution in [0.2, 0.25) is 0 Å². The van der Waals surface area contributed by atoms with Crippen molar-refractivity contribution in [2.75, 3.05) is 0 Å². The Kier molecular flexibility index (Phi) is 8.83. The molecule has 0 heterocycles. The molecule has 16 heteroatoms. The fraction of sp³-hybridized carbons (Fsp3) is 0.0952. The summed E-state index contributed by atoms with van der Waals surface area (Å²) in [6.07, 6.45) is -20.6. The highest BCUT2D eigenvalue weighted by Gasteiger charge is 2.40. The van der Waals surface area contributed by atoms with E-state index in [1.807, 2.05) is 0 Å². The summed E-state index contributed by atoms with van der Waals surface area (Å²) in [5, 5.41) is 20.0. The van der Waals surface area contributed by atoms with Gasteiger partial charge < -0.3 is 0 Å². The Balaban J connectivity index is 1.45. The van der Waals surface area contributed by atoms with Crippen LogP contribution in [-0.4, -0.2) is 0 Å². The summed E-state index contributed by atoms with van der Waals surface area (Å²) < 4.78 is 165. The van der Waals surface area contributed by atoms with Crippen molar-refractivity contribution in [2.24, 2.45) is 0 Å². The van der Waals surface area contributed by atoms with E-state index in [4.69, 9.17) is 13.1 Å². The van der Waals surface area contributed by atoms with Crippen molar-refractivity contribution >= 4 is 11.1 Å². The van der Waals surface area contributed by atoms with Gasteiger partial charge in [-0.25, -0.2) is 20.2 Å². The lowest BCUT2D eigenvalue weighted by molar-refractivity contribution is -0.144. The number of halogens is 12. The lowest BCUT2D eigenvalue weighted by Gasteiger charge is -2.15. The third-order valence-electron chi connectivity index (χ3n) is 9.61. The average Bonchev–Trinajstić information content (AvgIpc) is 3.64. The summed E-state index contributed by atoms with van der Waals surface area (Å²) in [4.78, 5) is 6.60. The van der Waals surface area contributed by atoms with Gasteiger partial charge in [0.1, 0.15) is 0 Å². The van der Waals surface area contributed by atoms with Gasteiger partial charge >= 0.3 is 24.7 Å². The predicted octanol–water partition coefficient (Wildman–Crippen LogP) is 13.5. The minimum absolute atomic E-state index is 0.0315. The quantitative estimate of drug-likeness (QED) is 0.0993. The molecule has 2 aliphatic carbocycles. The highest BCUT2D eigenvalue weighted by molar-refractivity contribution is 6.11. The first kappa shape index (κ1) is 39.0. The molecule has 286 valence electrons. The minimum atomic E-state index is -5.15. The first-order valence-electron chi connectivity index (χ1n) is 16.2. The topological polar surface area (TPSA) is 56.3 Å². The highest BCUT2D eigenvalue weighted by atomic mass is 19.4. The molecule has 5 aromatic rings. The lowest BCUT2D eigenvalue weighted by Crippen LogP contribution is -2.11. The molecule has 0 saturated heterocycles. The van der Waals surface area contributed by atoms with Crippen molar-refractivity contribution in [3.05, 3.63) is 164 Å². The second kappa shape index (κ2) is 13.1. The normalized spacial score (nSPS) is 14.9. The summed E-state index contributed by atoms with van der Waals surface area (Å²) >= 11 is 0. The Labute approximate surface area is 319 Å². The fourth-order valence-electron chi connectivity index (χ4n) is 7.11. The zero-order valence-corrected chi connectivity index (χ0v) is 28.4. The Morgan fingerprint density at radius 3 is 0.931 bits per heavy atom. The number of fused-ring (bicyclic) bond motifs is 6. The smallest absolute Gasteiger partial charge is 0.226 e. The van der Waals surface area contributed by atoms with Crippen LogP contribution in [0, 0.1) is 35.8 Å². The van der Waals surface area contributed by atoms with Crippen LogP contribution in [0.4, 0.5) is 52.7 Å². The van der Waals surface area contributed by atoms with E-state index in [2.05, 4.69) is 9.69 Å². The number of alkyl halides is 12. The zero-order valence-electron chi connectivity index (χ0n) is 28.4. The van der Waals surface area contributed by atoms with Crippen LogP contribution < -0.4 is 0 Å². The predicted molar refractivity (Wildman–Crippen MR) is 185 cm³/mol. The summed E-state index contributed by atoms with van der Waals surface area (Å²) in [7, 11) is 0. The molecule has 2 aliphatic rings. The van der Waals surface area contributed by atoms with Gasteiger partial charge in [-0.05, 0) is 127 Å². The first-order valence-corrected chi connectivity index (χ1v) is 16.2. The largest absolute Gasteiger partial charge is 0.416 e. The molecular formula is C42H14F12N4. The summed E-state index contributed by atoms with van der Waals surface area (Å²) in [6, 6.07) is 16.1. The highest BCUT2D eigenvalue weighted by Crippen LogP contribution is 2.55. The van der Waals surface area contributed by atoms with Crippen molar-refractivity contribution in [3.8, 4) is 56.6 Å². The lowest BCUT2D eigenvalue weighted by atomic mass is 9.94. The monoisotopic (exact) mass is 802 g/mol. The average molecular weight is 803 g/mol. The maximum Gasteiger partial charge on any atom is 0.416 e. The van der Waals surface area contributed by atoms with Gasteiger partial charge in [-0.1, -0.05) is 24.3 Å². The molecule has 0 spiro atoms. The molecule has 5 aromatic carbocycles. The van der Waals surface area contributed by atoms with E-state index in [-0.39, 0.29) is 78.9 Å². The van der Waals surface area contributed by atoms with E-state index in [9.17, 15) is 63.2 Å². The second-order valence-corrected chi connectivity index (χ2v) is 12.9. The van der Waals surface area contributed by atoms with Crippen LogP contribution in [0.15, 0.2) is 96.3 Å². The van der Waals surface area contributed by atoms with Crippen molar-refractivity contribution < 1.29 is 52.7 Å². The van der Waals surface area contributed by atoms with E-state index >= 15 is 0 Å². The molecule has 0 amide bonds. The van der Waals surface area contributed by atoms with Crippen LogP contribution >= 0.6 is 0 Å². The molecule has 58 heavy (non-hydrogen) atoms. The molecule has 7 rings (SSSR count). The van der Waals surface area contributed by atoms with Crippen LogP contribution in [0.1, 0.15) is 44.5 Å². The molecule has 0 saturated carbocycles. The van der Waals surface area contributed by atoms with Gasteiger partial charge in [-0.3, -0.25) is 0 Å². The van der Waals surface area contributed by atoms with Crippen LogP contribution in [0.5, 0.6) is 0 Å². The number of nitrogens with zero attached hydrogens (tertiary/aromatic N) is 4. The number of rotatable bonds is 2. The molecular weight excluding hydrogens is 788 g/mol. The zero-order chi connectivity index (χ0) is 42.3. The molecule has 0 aromatic heterocycles. The fourth-order valence-corrected chi connectivity index (χ4v) is 7.11. The third kappa shape index (κ3) is 6.49. The summed E-state index contributed by atoms with van der Waals surface area (Å²) in [6.45, 7) is 15.4. The Hall–Kier alpha value is -7.30. The number of nitriles is 2. The van der Waals surface area contributed by atoms with Crippen LogP contribution in [0.25, 0.3) is 65.3 Å². The van der Waals surface area contributed by atoms with E-state index in [0.717, 1.165) is 0 Å². The van der Waals surface area contributed by atoms with Gasteiger partial charge in [0.2, 0.25) is 0 Å².